The van der Waals surface area contributed by atoms with Crippen molar-refractivity contribution < 1.29 is 13.2 Å². The van der Waals surface area contributed by atoms with Gasteiger partial charge in [0.25, 0.3) is 0 Å². The molecule has 1 aliphatic rings. The molecule has 3 rings (SSSR count). The van der Waals surface area contributed by atoms with Crippen LogP contribution >= 0.6 is 11.3 Å². The highest BCUT2D eigenvalue weighted by Gasteiger charge is 2.36. The Balaban J connectivity index is 1.93. The summed E-state index contributed by atoms with van der Waals surface area (Å²) in [5.74, 6) is -0.568. The fraction of sp³-hybridized carbons (Fsp3) is 0.267. The SMILES string of the molecule is NC(=O)c1ccc(S(=O)(=O)N2CCCC2c2cccs2)cc1. The average molecular weight is 336 g/mol. The van der Waals surface area contributed by atoms with Crippen LogP contribution in [0.25, 0.3) is 0 Å². The first-order chi connectivity index (χ1) is 10.5. The molecule has 2 aromatic rings. The quantitative estimate of drug-likeness (QED) is 0.931. The summed E-state index contributed by atoms with van der Waals surface area (Å²) in [6, 6.07) is 9.60. The molecule has 0 aliphatic carbocycles. The highest BCUT2D eigenvalue weighted by molar-refractivity contribution is 7.89. The number of carbonyl (C=O) groups excluding carboxylic acids is 1. The third kappa shape index (κ3) is 2.67. The van der Waals surface area contributed by atoms with Gasteiger partial charge in [0, 0.05) is 17.0 Å². The molecule has 1 aromatic heterocycles. The van der Waals surface area contributed by atoms with E-state index >= 15 is 0 Å². The first-order valence-corrected chi connectivity index (χ1v) is 9.27. The number of amides is 1. The Morgan fingerprint density at radius 1 is 1.23 bits per heavy atom. The number of rotatable bonds is 4. The van der Waals surface area contributed by atoms with Gasteiger partial charge in [-0.15, -0.1) is 11.3 Å². The zero-order chi connectivity index (χ0) is 15.7. The second-order valence-corrected chi connectivity index (χ2v) is 8.05. The van der Waals surface area contributed by atoms with Gasteiger partial charge >= 0.3 is 0 Å². The molecule has 1 saturated heterocycles. The Bertz CT molecular complexity index is 768. The molecule has 1 fully saturated rings. The molecule has 0 radical (unpaired) electrons. The summed E-state index contributed by atoms with van der Waals surface area (Å²) in [5, 5.41) is 1.96. The van der Waals surface area contributed by atoms with E-state index in [1.165, 1.54) is 24.3 Å². The van der Waals surface area contributed by atoms with Gasteiger partial charge in [-0.25, -0.2) is 8.42 Å². The summed E-state index contributed by atoms with van der Waals surface area (Å²) in [6.45, 7) is 0.516. The van der Waals surface area contributed by atoms with Crippen LogP contribution in [-0.2, 0) is 10.0 Å². The van der Waals surface area contributed by atoms with Crippen molar-refractivity contribution in [1.82, 2.24) is 4.31 Å². The minimum atomic E-state index is -3.57. The third-order valence-corrected chi connectivity index (χ3v) is 6.72. The number of hydrogen-bond donors (Lipinski definition) is 1. The van der Waals surface area contributed by atoms with Gasteiger partial charge in [0.1, 0.15) is 0 Å². The van der Waals surface area contributed by atoms with Crippen molar-refractivity contribution in [3.8, 4) is 0 Å². The van der Waals surface area contributed by atoms with Crippen LogP contribution in [0.5, 0.6) is 0 Å². The molecule has 0 spiro atoms. The number of hydrogen-bond acceptors (Lipinski definition) is 4. The predicted octanol–water partition coefficient (Wildman–Crippen LogP) is 2.37. The third-order valence-electron chi connectivity index (χ3n) is 3.82. The molecule has 0 bridgehead atoms. The summed E-state index contributed by atoms with van der Waals surface area (Å²) >= 11 is 1.57. The lowest BCUT2D eigenvalue weighted by Gasteiger charge is -2.23. The van der Waals surface area contributed by atoms with Crippen molar-refractivity contribution in [3.05, 3.63) is 52.2 Å². The molecule has 116 valence electrons. The van der Waals surface area contributed by atoms with Crippen LogP contribution < -0.4 is 5.73 Å². The molecule has 1 aromatic carbocycles. The van der Waals surface area contributed by atoms with E-state index in [9.17, 15) is 13.2 Å². The zero-order valence-electron chi connectivity index (χ0n) is 11.8. The van der Waals surface area contributed by atoms with Crippen LogP contribution in [0, 0.1) is 0 Å². The van der Waals surface area contributed by atoms with Gasteiger partial charge < -0.3 is 5.73 Å². The fourth-order valence-electron chi connectivity index (χ4n) is 2.72. The van der Waals surface area contributed by atoms with Crippen molar-refractivity contribution >= 4 is 27.3 Å². The van der Waals surface area contributed by atoms with Gasteiger partial charge in [0.2, 0.25) is 15.9 Å². The maximum Gasteiger partial charge on any atom is 0.248 e. The van der Waals surface area contributed by atoms with E-state index in [0.29, 0.717) is 12.1 Å². The molecule has 1 atom stereocenters. The number of sulfonamides is 1. The largest absolute Gasteiger partial charge is 0.366 e. The molecular formula is C15H16N2O3S2. The second-order valence-electron chi connectivity index (χ2n) is 5.18. The van der Waals surface area contributed by atoms with Crippen molar-refractivity contribution in [3.63, 3.8) is 0 Å². The standard InChI is InChI=1S/C15H16N2O3S2/c16-15(18)11-5-7-12(8-6-11)22(19,20)17-9-1-3-13(17)14-4-2-10-21-14/h2,4-8,10,13H,1,3,9H2,(H2,16,18). The Morgan fingerprint density at radius 3 is 2.55 bits per heavy atom. The van der Waals surface area contributed by atoms with Crippen molar-refractivity contribution in [1.29, 1.82) is 0 Å². The van der Waals surface area contributed by atoms with Crippen molar-refractivity contribution in [2.75, 3.05) is 6.54 Å². The molecule has 1 aliphatic heterocycles. The number of benzene rings is 1. The van der Waals surface area contributed by atoms with E-state index in [2.05, 4.69) is 0 Å². The first-order valence-electron chi connectivity index (χ1n) is 6.95. The Morgan fingerprint density at radius 2 is 1.95 bits per heavy atom. The Labute approximate surface area is 133 Å². The molecule has 7 heteroatoms. The van der Waals surface area contributed by atoms with Crippen LogP contribution in [0.15, 0.2) is 46.7 Å². The van der Waals surface area contributed by atoms with E-state index in [-0.39, 0.29) is 10.9 Å². The molecule has 22 heavy (non-hydrogen) atoms. The van der Waals surface area contributed by atoms with Crippen LogP contribution in [0.2, 0.25) is 0 Å². The van der Waals surface area contributed by atoms with E-state index < -0.39 is 15.9 Å². The minimum Gasteiger partial charge on any atom is -0.366 e. The molecule has 2 heterocycles. The number of carbonyl (C=O) groups is 1. The number of primary amides is 1. The van der Waals surface area contributed by atoms with E-state index in [1.807, 2.05) is 17.5 Å². The van der Waals surface area contributed by atoms with Crippen LogP contribution in [0.1, 0.15) is 34.1 Å². The summed E-state index contributed by atoms with van der Waals surface area (Å²) in [4.78, 5) is 12.3. The summed E-state index contributed by atoms with van der Waals surface area (Å²) < 4.78 is 27.2. The van der Waals surface area contributed by atoms with Gasteiger partial charge in [-0.3, -0.25) is 4.79 Å². The number of nitrogens with two attached hydrogens (primary N) is 1. The maximum absolute atomic E-state index is 12.8. The zero-order valence-corrected chi connectivity index (χ0v) is 13.4. The van der Waals surface area contributed by atoms with Gasteiger partial charge in [-0.05, 0) is 48.6 Å². The molecule has 0 saturated carbocycles. The second kappa shape index (κ2) is 5.83. The van der Waals surface area contributed by atoms with Gasteiger partial charge in [0.15, 0.2) is 0 Å². The van der Waals surface area contributed by atoms with Crippen LogP contribution in [0.3, 0.4) is 0 Å². The van der Waals surface area contributed by atoms with Gasteiger partial charge in [0.05, 0.1) is 10.9 Å². The van der Waals surface area contributed by atoms with Crippen molar-refractivity contribution in [2.24, 2.45) is 5.73 Å². The van der Waals surface area contributed by atoms with Gasteiger partial charge in [-0.2, -0.15) is 4.31 Å². The normalized spacial score (nSPS) is 19.4. The summed E-state index contributed by atoms with van der Waals surface area (Å²) in [7, 11) is -3.57. The Kier molecular flexibility index (Phi) is 4.03. The van der Waals surface area contributed by atoms with Crippen molar-refractivity contribution in [2.45, 2.75) is 23.8 Å². The van der Waals surface area contributed by atoms with E-state index in [4.69, 9.17) is 5.73 Å². The fourth-order valence-corrected chi connectivity index (χ4v) is 5.33. The monoisotopic (exact) mass is 336 g/mol. The highest BCUT2D eigenvalue weighted by Crippen LogP contribution is 2.38. The lowest BCUT2D eigenvalue weighted by Crippen LogP contribution is -2.30. The summed E-state index contributed by atoms with van der Waals surface area (Å²) in [6.07, 6.45) is 1.68. The number of thiophene rings is 1. The highest BCUT2D eigenvalue weighted by atomic mass is 32.2. The van der Waals surface area contributed by atoms with E-state index in [1.54, 1.807) is 15.6 Å². The smallest absolute Gasteiger partial charge is 0.248 e. The minimum absolute atomic E-state index is 0.0965. The molecule has 2 N–H and O–H groups in total. The average Bonchev–Trinajstić information content (AvgIpc) is 3.18. The molecule has 5 nitrogen and oxygen atoms in total. The topological polar surface area (TPSA) is 80.5 Å². The lowest BCUT2D eigenvalue weighted by atomic mass is 10.2. The number of nitrogens with zero attached hydrogens (tertiary/aromatic N) is 1. The molecule has 1 unspecified atom stereocenters. The summed E-state index contributed by atoms with van der Waals surface area (Å²) in [5.41, 5.74) is 5.48. The Hall–Kier alpha value is -1.70. The lowest BCUT2D eigenvalue weighted by molar-refractivity contribution is 0.1000. The maximum atomic E-state index is 12.8. The van der Waals surface area contributed by atoms with Gasteiger partial charge in [-0.1, -0.05) is 6.07 Å². The predicted molar refractivity (Wildman–Crippen MR) is 85.1 cm³/mol. The first kappa shape index (κ1) is 15.2. The van der Waals surface area contributed by atoms with Crippen LogP contribution in [0.4, 0.5) is 0 Å². The molecule has 1 amide bonds. The van der Waals surface area contributed by atoms with E-state index in [0.717, 1.165) is 17.7 Å². The molecular weight excluding hydrogens is 320 g/mol. The van der Waals surface area contributed by atoms with Crippen LogP contribution in [-0.4, -0.2) is 25.2 Å².